The van der Waals surface area contributed by atoms with E-state index in [1.54, 1.807) is 24.1 Å². The summed E-state index contributed by atoms with van der Waals surface area (Å²) in [5, 5.41) is 2.85. The smallest absolute Gasteiger partial charge is 0.317 e. The minimum Gasteiger partial charge on any atom is -0.493 e. The van der Waals surface area contributed by atoms with Gasteiger partial charge in [0.15, 0.2) is 0 Å². The molecule has 0 aliphatic carbocycles. The molecular formula is C19H23FN2O2. The summed E-state index contributed by atoms with van der Waals surface area (Å²) in [5.41, 5.74) is 1.98. The molecule has 0 fully saturated rings. The fraction of sp³-hybridized carbons (Fsp3) is 0.316. The number of ether oxygens (including phenoxy) is 1. The molecule has 0 aliphatic rings. The Morgan fingerprint density at radius 1 is 1.17 bits per heavy atom. The van der Waals surface area contributed by atoms with Gasteiger partial charge in [0, 0.05) is 20.1 Å². The molecule has 2 rings (SSSR count). The topological polar surface area (TPSA) is 41.6 Å². The highest BCUT2D eigenvalue weighted by molar-refractivity contribution is 5.73. The number of nitrogens with zero attached hydrogens (tertiary/aromatic N) is 1. The highest BCUT2D eigenvalue weighted by atomic mass is 19.1. The van der Waals surface area contributed by atoms with Crippen molar-refractivity contribution in [3.05, 3.63) is 65.5 Å². The van der Waals surface area contributed by atoms with Crippen LogP contribution in [0.2, 0.25) is 0 Å². The second kappa shape index (κ2) is 8.91. The maximum Gasteiger partial charge on any atom is 0.317 e. The lowest BCUT2D eigenvalue weighted by atomic mass is 10.2. The first kappa shape index (κ1) is 17.8. The van der Waals surface area contributed by atoms with Gasteiger partial charge in [-0.15, -0.1) is 0 Å². The van der Waals surface area contributed by atoms with Crippen LogP contribution in [0, 0.1) is 12.7 Å². The molecule has 0 unspecified atom stereocenters. The molecule has 5 heteroatoms. The van der Waals surface area contributed by atoms with E-state index >= 15 is 0 Å². The zero-order chi connectivity index (χ0) is 17.4. The van der Waals surface area contributed by atoms with Gasteiger partial charge in [0.25, 0.3) is 0 Å². The highest BCUT2D eigenvalue weighted by Crippen LogP contribution is 2.16. The molecule has 0 saturated heterocycles. The first-order chi connectivity index (χ1) is 11.6. The second-order valence-corrected chi connectivity index (χ2v) is 5.68. The molecule has 4 nitrogen and oxygen atoms in total. The third-order valence-corrected chi connectivity index (χ3v) is 3.63. The van der Waals surface area contributed by atoms with Crippen molar-refractivity contribution in [3.8, 4) is 5.75 Å². The molecule has 2 amide bonds. The molecule has 0 spiro atoms. The van der Waals surface area contributed by atoms with E-state index in [2.05, 4.69) is 5.32 Å². The largest absolute Gasteiger partial charge is 0.493 e. The molecule has 0 radical (unpaired) electrons. The van der Waals surface area contributed by atoms with Gasteiger partial charge < -0.3 is 15.0 Å². The van der Waals surface area contributed by atoms with Crippen LogP contribution < -0.4 is 10.1 Å². The van der Waals surface area contributed by atoms with E-state index < -0.39 is 0 Å². The minimum absolute atomic E-state index is 0.157. The Morgan fingerprint density at radius 3 is 2.58 bits per heavy atom. The first-order valence-corrected chi connectivity index (χ1v) is 7.98. The Kier molecular flexibility index (Phi) is 6.61. The van der Waals surface area contributed by atoms with E-state index in [-0.39, 0.29) is 11.8 Å². The third-order valence-electron chi connectivity index (χ3n) is 3.63. The number of carbonyl (C=O) groups excluding carboxylic acids is 1. The quantitative estimate of drug-likeness (QED) is 0.786. The van der Waals surface area contributed by atoms with E-state index in [0.29, 0.717) is 19.7 Å². The fourth-order valence-corrected chi connectivity index (χ4v) is 2.24. The molecule has 24 heavy (non-hydrogen) atoms. The Morgan fingerprint density at radius 2 is 1.88 bits per heavy atom. The molecule has 128 valence electrons. The Balaban J connectivity index is 1.65. The molecule has 0 aromatic heterocycles. The van der Waals surface area contributed by atoms with Gasteiger partial charge in [-0.2, -0.15) is 0 Å². The zero-order valence-electron chi connectivity index (χ0n) is 14.1. The van der Waals surface area contributed by atoms with E-state index in [0.717, 1.165) is 23.3 Å². The summed E-state index contributed by atoms with van der Waals surface area (Å²) in [7, 11) is 1.71. The van der Waals surface area contributed by atoms with Crippen molar-refractivity contribution >= 4 is 6.03 Å². The number of benzene rings is 2. The summed E-state index contributed by atoms with van der Waals surface area (Å²) >= 11 is 0. The van der Waals surface area contributed by atoms with Gasteiger partial charge in [-0.1, -0.05) is 30.3 Å². The number of amides is 2. The lowest BCUT2D eigenvalue weighted by Gasteiger charge is -2.18. The van der Waals surface area contributed by atoms with Crippen molar-refractivity contribution in [1.82, 2.24) is 10.2 Å². The minimum atomic E-state index is -0.278. The molecule has 0 atom stereocenters. The van der Waals surface area contributed by atoms with Crippen molar-refractivity contribution < 1.29 is 13.9 Å². The number of carbonyl (C=O) groups is 1. The molecule has 0 heterocycles. The molecule has 1 N–H and O–H groups in total. The molecule has 2 aromatic carbocycles. The van der Waals surface area contributed by atoms with Crippen molar-refractivity contribution in [2.24, 2.45) is 0 Å². The van der Waals surface area contributed by atoms with Gasteiger partial charge in [0.2, 0.25) is 0 Å². The lowest BCUT2D eigenvalue weighted by Crippen LogP contribution is -2.37. The normalized spacial score (nSPS) is 10.3. The summed E-state index contributed by atoms with van der Waals surface area (Å²) < 4.78 is 18.6. The predicted octanol–water partition coefficient (Wildman–Crippen LogP) is 3.74. The zero-order valence-corrected chi connectivity index (χ0v) is 14.1. The number of hydrogen-bond donors (Lipinski definition) is 1. The van der Waals surface area contributed by atoms with Crippen LogP contribution in [-0.2, 0) is 6.54 Å². The van der Waals surface area contributed by atoms with Gasteiger partial charge in [-0.25, -0.2) is 9.18 Å². The molecule has 0 saturated carbocycles. The van der Waals surface area contributed by atoms with Crippen LogP contribution in [0.25, 0.3) is 0 Å². The molecule has 2 aromatic rings. The van der Waals surface area contributed by atoms with E-state index in [1.807, 2.05) is 31.2 Å². The van der Waals surface area contributed by atoms with Crippen molar-refractivity contribution in [1.29, 1.82) is 0 Å². The average Bonchev–Trinajstić information content (AvgIpc) is 2.58. The number of aryl methyl sites for hydroxylation is 1. The Labute approximate surface area is 142 Å². The maximum atomic E-state index is 12.9. The summed E-state index contributed by atoms with van der Waals surface area (Å²) in [6, 6.07) is 13.8. The number of halogens is 1. The lowest BCUT2D eigenvalue weighted by molar-refractivity contribution is 0.205. The third kappa shape index (κ3) is 5.57. The maximum absolute atomic E-state index is 12.9. The van der Waals surface area contributed by atoms with Crippen LogP contribution in [0.4, 0.5) is 9.18 Å². The molecular weight excluding hydrogens is 307 g/mol. The van der Waals surface area contributed by atoms with E-state index in [1.165, 1.54) is 12.1 Å². The average molecular weight is 330 g/mol. The van der Waals surface area contributed by atoms with Gasteiger partial charge in [-0.05, 0) is 42.7 Å². The summed E-state index contributed by atoms with van der Waals surface area (Å²) in [6.07, 6.45) is 0.727. The fourth-order valence-electron chi connectivity index (χ4n) is 2.24. The van der Waals surface area contributed by atoms with Gasteiger partial charge in [0.1, 0.15) is 11.6 Å². The van der Waals surface area contributed by atoms with Crippen LogP contribution in [0.15, 0.2) is 48.5 Å². The number of urea groups is 1. The van der Waals surface area contributed by atoms with Crippen LogP contribution in [0.3, 0.4) is 0 Å². The van der Waals surface area contributed by atoms with E-state index in [9.17, 15) is 9.18 Å². The van der Waals surface area contributed by atoms with Gasteiger partial charge >= 0.3 is 6.03 Å². The predicted molar refractivity (Wildman–Crippen MR) is 92.6 cm³/mol. The number of para-hydroxylation sites is 1. The van der Waals surface area contributed by atoms with Crippen LogP contribution in [0.1, 0.15) is 17.5 Å². The summed E-state index contributed by atoms with van der Waals surface area (Å²) in [6.45, 7) is 3.53. The van der Waals surface area contributed by atoms with Crippen molar-refractivity contribution in [2.45, 2.75) is 19.9 Å². The van der Waals surface area contributed by atoms with E-state index in [4.69, 9.17) is 4.74 Å². The van der Waals surface area contributed by atoms with Crippen molar-refractivity contribution in [3.63, 3.8) is 0 Å². The monoisotopic (exact) mass is 330 g/mol. The number of nitrogens with one attached hydrogen (secondary N) is 1. The van der Waals surface area contributed by atoms with Crippen molar-refractivity contribution in [2.75, 3.05) is 20.2 Å². The molecule has 0 bridgehead atoms. The number of hydrogen-bond acceptors (Lipinski definition) is 2. The van der Waals surface area contributed by atoms with Gasteiger partial charge in [0.05, 0.1) is 6.61 Å². The van der Waals surface area contributed by atoms with Crippen LogP contribution in [0.5, 0.6) is 5.75 Å². The van der Waals surface area contributed by atoms with Gasteiger partial charge in [-0.3, -0.25) is 0 Å². The van der Waals surface area contributed by atoms with Crippen LogP contribution >= 0.6 is 0 Å². The highest BCUT2D eigenvalue weighted by Gasteiger charge is 2.08. The number of rotatable bonds is 7. The standard InChI is InChI=1S/C19H23FN2O2/c1-15-6-3-4-7-18(15)24-13-5-12-21-19(23)22(2)14-16-8-10-17(20)11-9-16/h3-4,6-11H,5,12-14H2,1-2H3,(H,21,23). The summed E-state index contributed by atoms with van der Waals surface area (Å²) in [5.74, 6) is 0.594. The Hall–Kier alpha value is -2.56. The SMILES string of the molecule is Cc1ccccc1OCCCNC(=O)N(C)Cc1ccc(F)cc1. The second-order valence-electron chi connectivity index (χ2n) is 5.68. The first-order valence-electron chi connectivity index (χ1n) is 7.98. The van der Waals surface area contributed by atoms with Crippen LogP contribution in [-0.4, -0.2) is 31.1 Å². The Bertz CT molecular complexity index is 659. The molecule has 0 aliphatic heterocycles. The summed E-state index contributed by atoms with van der Waals surface area (Å²) in [4.78, 5) is 13.6.